The highest BCUT2D eigenvalue weighted by atomic mass is 127. The Morgan fingerprint density at radius 2 is 1.91 bits per heavy atom. The fraction of sp³-hybridized carbons (Fsp3) is 0.308. The largest absolute Gasteiger partial charge is 0.495 e. The second-order valence-electron chi connectivity index (χ2n) is 8.36. The smallest absolute Gasteiger partial charge is 0.279 e. The van der Waals surface area contributed by atoms with E-state index in [4.69, 9.17) is 14.5 Å². The van der Waals surface area contributed by atoms with Gasteiger partial charge in [0.05, 0.1) is 25.3 Å². The summed E-state index contributed by atoms with van der Waals surface area (Å²) in [6, 6.07) is 18.2. The number of methoxy groups -OCH3 is 2. The van der Waals surface area contributed by atoms with E-state index in [2.05, 4.69) is 23.1 Å². The van der Waals surface area contributed by atoms with Crippen LogP contribution in [0, 0.1) is 11.3 Å². The lowest BCUT2D eigenvalue weighted by molar-refractivity contribution is -0.125. The molecule has 3 aliphatic rings. The molecule has 180 valence electrons. The third-order valence-electron chi connectivity index (χ3n) is 6.23. The number of fused-ring (bicyclic) bond motifs is 2. The van der Waals surface area contributed by atoms with Crippen LogP contribution in [0.15, 0.2) is 62.9 Å². The standard InChI is InChI=1S/C26H26IN5O3/c1-4-30-24(33)22-23(32-16-20(29-26(30)32)13-17-8-6-5-7-9-17)27-25(35-3)31(22)15-18-10-11-21(34-2)19(12-18)14-28/h5-12,20H,4,13,15-16H2,1-3H3/t20-/m1/s1. The molecule has 0 N–H and O–H groups in total. The summed E-state index contributed by atoms with van der Waals surface area (Å²) in [4.78, 5) is 24.7. The molecule has 0 saturated heterocycles. The summed E-state index contributed by atoms with van der Waals surface area (Å²) in [5.41, 5.74) is 3.29. The Hall–Kier alpha value is -3.23. The van der Waals surface area contributed by atoms with Crippen LogP contribution in [0.25, 0.3) is 0 Å². The number of hydrogen-bond acceptors (Lipinski definition) is 7. The molecule has 1 atom stereocenters. The number of aliphatic imine (C=N–C) groups is 1. The summed E-state index contributed by atoms with van der Waals surface area (Å²) < 4.78 is 12.9. The van der Waals surface area contributed by atoms with Gasteiger partial charge in [-0.25, -0.2) is 4.99 Å². The molecule has 2 aromatic rings. The number of nitriles is 1. The number of guanidine groups is 1. The summed E-state index contributed by atoms with van der Waals surface area (Å²) in [6.45, 7) is 3.71. The van der Waals surface area contributed by atoms with Gasteiger partial charge in [0.1, 0.15) is 21.2 Å². The molecule has 0 bridgehead atoms. The number of nitrogens with zero attached hydrogens (tertiary/aromatic N) is 5. The minimum Gasteiger partial charge on any atom is -0.495 e. The molecule has 0 aliphatic carbocycles. The van der Waals surface area contributed by atoms with Crippen molar-refractivity contribution in [1.29, 1.82) is 5.26 Å². The van der Waals surface area contributed by atoms with Gasteiger partial charge in [0.25, 0.3) is 5.91 Å². The maximum Gasteiger partial charge on any atom is 0.279 e. The van der Waals surface area contributed by atoms with Crippen LogP contribution in [-0.2, 0) is 22.5 Å². The van der Waals surface area contributed by atoms with Gasteiger partial charge in [0.2, 0.25) is 5.96 Å². The molecule has 0 aromatic heterocycles. The number of rotatable bonds is 7. The molecule has 5 rings (SSSR count). The van der Waals surface area contributed by atoms with Gasteiger partial charge in [-0.15, -0.1) is 0 Å². The molecule has 3 heterocycles. The van der Waals surface area contributed by atoms with Crippen molar-refractivity contribution in [3.8, 4) is 11.8 Å². The first kappa shape index (κ1) is 23.5. The van der Waals surface area contributed by atoms with Crippen LogP contribution < -0.4 is 4.74 Å². The molecule has 0 fully saturated rings. The molecule has 1 amide bonds. The van der Waals surface area contributed by atoms with Crippen LogP contribution in [0.5, 0.6) is 5.75 Å². The van der Waals surface area contributed by atoms with Crippen LogP contribution in [0.1, 0.15) is 23.6 Å². The van der Waals surface area contributed by atoms with Crippen molar-refractivity contribution >= 4 is 36.4 Å². The zero-order chi connectivity index (χ0) is 24.5. The lowest BCUT2D eigenvalue weighted by Crippen LogP contribution is -2.51. The van der Waals surface area contributed by atoms with Crippen molar-refractivity contribution in [3.63, 3.8) is 0 Å². The van der Waals surface area contributed by atoms with E-state index in [1.54, 1.807) is 25.2 Å². The van der Waals surface area contributed by atoms with Crippen LogP contribution in [0.4, 0.5) is 0 Å². The van der Waals surface area contributed by atoms with Gasteiger partial charge in [0.15, 0.2) is 3.82 Å². The van der Waals surface area contributed by atoms with E-state index in [1.807, 2.05) is 42.2 Å². The number of carbonyl (C=O) groups excluding carboxylic acids is 1. The van der Waals surface area contributed by atoms with Gasteiger partial charge >= 0.3 is 0 Å². The van der Waals surface area contributed by atoms with Crippen LogP contribution in [0.2, 0.25) is 0 Å². The van der Waals surface area contributed by atoms with Crippen LogP contribution in [-0.4, -0.2) is 63.7 Å². The van der Waals surface area contributed by atoms with Gasteiger partial charge in [-0.2, -0.15) is 5.26 Å². The average molecular weight is 583 g/mol. The first-order valence-corrected chi connectivity index (χ1v) is 13.6. The fourth-order valence-corrected chi connectivity index (χ4v) is 7.46. The molecule has 2 aromatic carbocycles. The van der Waals surface area contributed by atoms with Crippen molar-refractivity contribution in [2.75, 3.05) is 27.3 Å². The third kappa shape index (κ3) is 4.21. The van der Waals surface area contributed by atoms with E-state index in [0.717, 1.165) is 32.0 Å². The Balaban J connectivity index is 1.48. The molecule has 35 heavy (non-hydrogen) atoms. The predicted octanol–water partition coefficient (Wildman–Crippen LogP) is 3.40. The van der Waals surface area contributed by atoms with Crippen LogP contribution in [0.3, 0.4) is 0 Å². The molecule has 3 aliphatic heterocycles. The lowest BCUT2D eigenvalue weighted by Gasteiger charge is -2.36. The monoisotopic (exact) mass is 583 g/mol. The normalized spacial score (nSPS) is 19.1. The summed E-state index contributed by atoms with van der Waals surface area (Å²) in [6.07, 6.45) is 0.834. The second-order valence-corrected chi connectivity index (χ2v) is 10.8. The minimum absolute atomic E-state index is 0.0429. The Labute approximate surface area is 214 Å². The van der Waals surface area contributed by atoms with Crippen molar-refractivity contribution in [2.24, 2.45) is 4.99 Å². The number of carbonyl (C=O) groups is 1. The fourth-order valence-electron chi connectivity index (χ4n) is 4.62. The first-order chi connectivity index (χ1) is 17.1. The summed E-state index contributed by atoms with van der Waals surface area (Å²) >= 11 is -0.703. The maximum absolute atomic E-state index is 13.7. The van der Waals surface area contributed by atoms with Crippen molar-refractivity contribution in [2.45, 2.75) is 25.9 Å². The van der Waals surface area contributed by atoms with E-state index in [1.165, 1.54) is 5.56 Å². The lowest BCUT2D eigenvalue weighted by atomic mass is 10.1. The van der Waals surface area contributed by atoms with Gasteiger partial charge in [-0.3, -0.25) is 9.69 Å². The SMILES string of the molecule is CCN1C(=O)C2=C(I=C(OC)N2Cc2ccc(OC)c(C#N)c2)N2C[C@@H](Cc3ccccc3)N=C12. The summed E-state index contributed by atoms with van der Waals surface area (Å²) in [7, 11) is 3.21. The molecule has 9 heteroatoms. The number of benzene rings is 2. The predicted molar refractivity (Wildman–Crippen MR) is 142 cm³/mol. The zero-order valence-corrected chi connectivity index (χ0v) is 22.0. The maximum atomic E-state index is 13.7. The highest BCUT2D eigenvalue weighted by molar-refractivity contribution is 14.2. The molecule has 0 radical (unpaired) electrons. The van der Waals surface area contributed by atoms with E-state index >= 15 is 0 Å². The zero-order valence-electron chi connectivity index (χ0n) is 19.9. The summed E-state index contributed by atoms with van der Waals surface area (Å²) in [5.74, 6) is 1.25. The van der Waals surface area contributed by atoms with Crippen molar-refractivity contribution in [1.82, 2.24) is 14.7 Å². The van der Waals surface area contributed by atoms with E-state index in [-0.39, 0.29) is 11.9 Å². The average Bonchev–Trinajstić information content (AvgIpc) is 3.46. The Kier molecular flexibility index (Phi) is 6.58. The van der Waals surface area contributed by atoms with Crippen molar-refractivity contribution in [3.05, 3.63) is 74.6 Å². The van der Waals surface area contributed by atoms with Gasteiger partial charge in [-0.05, 0) is 57.3 Å². The molecule has 8 nitrogen and oxygen atoms in total. The number of ether oxygens (including phenoxy) is 2. The van der Waals surface area contributed by atoms with Gasteiger partial charge < -0.3 is 19.3 Å². The second kappa shape index (κ2) is 9.79. The third-order valence-corrected chi connectivity index (χ3v) is 9.32. The first-order valence-electron chi connectivity index (χ1n) is 11.4. The quantitative estimate of drug-likeness (QED) is 0.368. The number of amides is 1. The molecule has 0 spiro atoms. The molecular formula is C26H26IN5O3. The van der Waals surface area contributed by atoms with Crippen LogP contribution >= 0.6 is 20.7 Å². The topological polar surface area (TPSA) is 81.4 Å². The molecule has 0 unspecified atom stereocenters. The number of hydrogen-bond donors (Lipinski definition) is 0. The number of likely N-dealkylation sites (N-methyl/N-ethyl adjacent to an activating group) is 1. The molecule has 0 saturated carbocycles. The highest BCUT2D eigenvalue weighted by Crippen LogP contribution is 2.42. The highest BCUT2D eigenvalue weighted by Gasteiger charge is 2.46. The minimum atomic E-state index is -0.703. The Bertz CT molecular complexity index is 1300. The van der Waals surface area contributed by atoms with Gasteiger partial charge in [0, 0.05) is 20.2 Å². The summed E-state index contributed by atoms with van der Waals surface area (Å²) in [5, 5.41) is 9.50. The van der Waals surface area contributed by atoms with Crippen molar-refractivity contribution < 1.29 is 14.3 Å². The Morgan fingerprint density at radius 3 is 2.60 bits per heavy atom. The van der Waals surface area contributed by atoms with E-state index < -0.39 is 20.7 Å². The van der Waals surface area contributed by atoms with E-state index in [9.17, 15) is 10.1 Å². The molecular weight excluding hydrogens is 557 g/mol. The number of halogens is 1. The van der Waals surface area contributed by atoms with Gasteiger partial charge in [-0.1, -0.05) is 36.4 Å². The Morgan fingerprint density at radius 1 is 1.11 bits per heavy atom. The van der Waals surface area contributed by atoms with E-state index in [0.29, 0.717) is 30.1 Å².